The predicted octanol–water partition coefficient (Wildman–Crippen LogP) is 6.31. The van der Waals surface area contributed by atoms with Crippen LogP contribution in [0.25, 0.3) is 0 Å². The van der Waals surface area contributed by atoms with Gasteiger partial charge >= 0.3 is 11.7 Å². The number of aromatic hydroxyl groups is 1. The summed E-state index contributed by atoms with van der Waals surface area (Å²) in [5, 5.41) is 45.0. The zero-order valence-electron chi connectivity index (χ0n) is 36.9. The van der Waals surface area contributed by atoms with E-state index in [0.717, 1.165) is 44.6 Å². The summed E-state index contributed by atoms with van der Waals surface area (Å²) < 4.78 is 11.4. The number of benzene rings is 3. The third kappa shape index (κ3) is 15.7. The third-order valence-corrected chi connectivity index (χ3v) is 10.8. The molecule has 2 aliphatic rings. The Bertz CT molecular complexity index is 2050. The summed E-state index contributed by atoms with van der Waals surface area (Å²) >= 11 is 0. The molecule has 0 aliphatic carbocycles. The number of hydrogen-bond donors (Lipinski definition) is 7. The van der Waals surface area contributed by atoms with Crippen molar-refractivity contribution in [3.05, 3.63) is 87.5 Å². The van der Waals surface area contributed by atoms with E-state index < -0.39 is 76.2 Å². The molecular weight excluding hydrogens is 848 g/mol. The van der Waals surface area contributed by atoms with Gasteiger partial charge in [-0.05, 0) is 53.6 Å². The van der Waals surface area contributed by atoms with Gasteiger partial charge in [-0.15, -0.1) is 12.4 Å². The first kappa shape index (κ1) is 52.4. The Morgan fingerprint density at radius 3 is 2.20 bits per heavy atom. The number of phenolic OH excluding ortho intramolecular Hbond substituents is 1. The van der Waals surface area contributed by atoms with Gasteiger partial charge in [0.15, 0.2) is 17.5 Å². The molecule has 4 bridgehead atoms. The van der Waals surface area contributed by atoms with Crippen LogP contribution in [0, 0.1) is 16.0 Å². The number of unbranched alkanes of at least 4 members (excludes halogenated alkanes) is 8. The van der Waals surface area contributed by atoms with Gasteiger partial charge in [0.1, 0.15) is 12.1 Å². The molecule has 17 nitrogen and oxygen atoms in total. The summed E-state index contributed by atoms with van der Waals surface area (Å²) in [6.45, 7) is 5.91. The number of hydrogen-bond acceptors (Lipinski definition) is 11. The number of nitrogens with two attached hydrogens (primary N) is 1. The van der Waals surface area contributed by atoms with Crippen molar-refractivity contribution in [1.29, 1.82) is 0 Å². The molecule has 4 amide bonds. The lowest BCUT2D eigenvalue weighted by molar-refractivity contribution is -0.385. The van der Waals surface area contributed by atoms with Crippen LogP contribution in [0.4, 0.5) is 5.69 Å². The van der Waals surface area contributed by atoms with Crippen LogP contribution in [0.2, 0.25) is 0 Å². The molecule has 5 rings (SSSR count). The Labute approximate surface area is 380 Å². The average molecular weight is 911 g/mol. The van der Waals surface area contributed by atoms with Gasteiger partial charge in [0, 0.05) is 25.3 Å². The van der Waals surface area contributed by atoms with Crippen LogP contribution in [0.5, 0.6) is 23.0 Å². The highest BCUT2D eigenvalue weighted by atomic mass is 35.5. The number of carbonyl (C=O) groups excluding carboxylic acids is 4. The largest absolute Gasteiger partial charge is 0.504 e. The van der Waals surface area contributed by atoms with Gasteiger partial charge in [-0.3, -0.25) is 29.3 Å². The summed E-state index contributed by atoms with van der Waals surface area (Å²) in [4.78, 5) is 80.6. The van der Waals surface area contributed by atoms with Crippen LogP contribution in [-0.4, -0.2) is 76.0 Å². The minimum Gasteiger partial charge on any atom is -0.504 e. The lowest BCUT2D eigenvalue weighted by Crippen LogP contribution is -2.58. The number of amides is 4. The van der Waals surface area contributed by atoms with Crippen LogP contribution in [-0.2, 0) is 36.8 Å². The quantitative estimate of drug-likeness (QED) is 0.0352. The number of ether oxygens (including phenoxy) is 2. The molecular formula is C46H63ClN6O11. The lowest BCUT2D eigenvalue weighted by atomic mass is 9.96. The van der Waals surface area contributed by atoms with Crippen molar-refractivity contribution in [2.45, 2.75) is 134 Å². The Balaban J connectivity index is 0.0000109. The number of nitrogens with zero attached hydrogens (tertiary/aromatic N) is 1. The fourth-order valence-corrected chi connectivity index (χ4v) is 7.52. The monoisotopic (exact) mass is 910 g/mol. The second-order valence-corrected chi connectivity index (χ2v) is 16.4. The van der Waals surface area contributed by atoms with Gasteiger partial charge in [0.25, 0.3) is 0 Å². The maximum Gasteiger partial charge on any atom is 0.328 e. The van der Waals surface area contributed by atoms with Gasteiger partial charge in [-0.2, -0.15) is 0 Å². The number of nitro benzene ring substituents is 1. The number of nitrogens with one attached hydrogen (secondary N) is 4. The molecule has 0 spiro atoms. The summed E-state index contributed by atoms with van der Waals surface area (Å²) in [5.41, 5.74) is 6.40. The number of carboxylic acids is 1. The second-order valence-electron chi connectivity index (χ2n) is 16.4. The molecule has 3 aromatic rings. The maximum atomic E-state index is 14.6. The van der Waals surface area contributed by atoms with E-state index in [1.165, 1.54) is 44.2 Å². The minimum absolute atomic E-state index is 0. The number of carboxylic acid groups (broad SMARTS) is 1. The average Bonchev–Trinajstić information content (AvgIpc) is 3.23. The fourth-order valence-electron chi connectivity index (χ4n) is 7.52. The molecule has 0 saturated carbocycles. The van der Waals surface area contributed by atoms with Crippen molar-refractivity contribution in [2.75, 3.05) is 7.11 Å². The third-order valence-electron chi connectivity index (χ3n) is 10.8. The zero-order chi connectivity index (χ0) is 46.1. The van der Waals surface area contributed by atoms with Crippen molar-refractivity contribution in [3.63, 3.8) is 0 Å². The van der Waals surface area contributed by atoms with E-state index in [2.05, 4.69) is 28.2 Å². The molecule has 0 aromatic heterocycles. The molecule has 0 radical (unpaired) electrons. The Morgan fingerprint density at radius 1 is 0.938 bits per heavy atom. The van der Waals surface area contributed by atoms with E-state index in [-0.39, 0.29) is 72.4 Å². The van der Waals surface area contributed by atoms with E-state index in [9.17, 15) is 44.3 Å². The van der Waals surface area contributed by atoms with Crippen molar-refractivity contribution in [3.8, 4) is 23.0 Å². The summed E-state index contributed by atoms with van der Waals surface area (Å²) in [6, 6.07) is 7.64. The highest BCUT2D eigenvalue weighted by Crippen LogP contribution is 2.44. The zero-order valence-corrected chi connectivity index (χ0v) is 37.7. The Kier molecular flexibility index (Phi) is 21.3. The number of phenols is 1. The molecule has 0 saturated heterocycles. The molecule has 5 atom stereocenters. The number of nitro groups is 1. The summed E-state index contributed by atoms with van der Waals surface area (Å²) in [5.74, 6) is -5.91. The van der Waals surface area contributed by atoms with E-state index in [1.807, 2.05) is 13.8 Å². The minimum atomic E-state index is -1.84. The fraction of sp³-hybridized carbons (Fsp3) is 0.500. The summed E-state index contributed by atoms with van der Waals surface area (Å²) in [7, 11) is 1.22. The lowest BCUT2D eigenvalue weighted by Gasteiger charge is -2.30. The van der Waals surface area contributed by atoms with Gasteiger partial charge in [-0.1, -0.05) is 109 Å². The van der Waals surface area contributed by atoms with E-state index in [1.54, 1.807) is 30.3 Å². The molecule has 2 aliphatic heterocycles. The van der Waals surface area contributed by atoms with Crippen LogP contribution in [0.3, 0.4) is 0 Å². The molecule has 2 heterocycles. The van der Waals surface area contributed by atoms with Crippen LogP contribution >= 0.6 is 12.4 Å². The number of aliphatic carboxylic acids is 1. The highest BCUT2D eigenvalue weighted by molar-refractivity contribution is 5.94. The first-order valence-corrected chi connectivity index (χ1v) is 21.7. The summed E-state index contributed by atoms with van der Waals surface area (Å²) in [6.07, 6.45) is 8.89. The van der Waals surface area contributed by atoms with Crippen molar-refractivity contribution in [2.24, 2.45) is 11.7 Å². The van der Waals surface area contributed by atoms with Gasteiger partial charge in [-0.25, -0.2) is 4.79 Å². The van der Waals surface area contributed by atoms with E-state index in [0.29, 0.717) is 12.0 Å². The molecule has 64 heavy (non-hydrogen) atoms. The van der Waals surface area contributed by atoms with Gasteiger partial charge < -0.3 is 46.7 Å². The highest BCUT2D eigenvalue weighted by Gasteiger charge is 2.37. The second kappa shape index (κ2) is 26.0. The SMILES string of the molecule is CCCCCCCCCCCC(=O)N[C@@H](C(=O)O)[C@@H]1NC(=O)[C@@H](Cc2ccccc2)NC(=O)[C@@H](NC(=O)[C@H](N)CC(C)C)Cc2ccc(c([N+](=O)[O-])c2)Oc2cc1cc(O)c2OC.Cl. The van der Waals surface area contributed by atoms with E-state index in [4.69, 9.17) is 15.2 Å². The van der Waals surface area contributed by atoms with Crippen molar-refractivity contribution >= 4 is 47.7 Å². The molecule has 0 fully saturated rings. The number of halogens is 1. The molecule has 350 valence electrons. The Morgan fingerprint density at radius 2 is 1.59 bits per heavy atom. The predicted molar refractivity (Wildman–Crippen MR) is 243 cm³/mol. The molecule has 3 aromatic carbocycles. The first-order chi connectivity index (χ1) is 30.1. The van der Waals surface area contributed by atoms with Crippen molar-refractivity contribution < 1.29 is 48.6 Å². The van der Waals surface area contributed by atoms with E-state index >= 15 is 0 Å². The number of methoxy groups -OCH3 is 1. The first-order valence-electron chi connectivity index (χ1n) is 21.7. The molecule has 18 heteroatoms. The number of fused-ring (bicyclic) bond motifs is 9. The molecule has 8 N–H and O–H groups in total. The van der Waals surface area contributed by atoms with Crippen LogP contribution in [0.1, 0.15) is 114 Å². The van der Waals surface area contributed by atoms with Gasteiger partial charge in [0.2, 0.25) is 35.1 Å². The Hall–Kier alpha value is -5.94. The molecule has 0 unspecified atom stereocenters. The topological polar surface area (TPSA) is 262 Å². The smallest absolute Gasteiger partial charge is 0.328 e. The van der Waals surface area contributed by atoms with Crippen LogP contribution in [0.15, 0.2) is 60.7 Å². The normalized spacial score (nSPS) is 17.2. The van der Waals surface area contributed by atoms with Crippen molar-refractivity contribution in [1.82, 2.24) is 21.3 Å². The number of carbonyl (C=O) groups is 5. The van der Waals surface area contributed by atoms with Gasteiger partial charge in [0.05, 0.1) is 24.1 Å². The maximum absolute atomic E-state index is 14.6. The number of rotatable bonds is 21. The standard InChI is InChI=1S/C46H62N6O11.ClH/c1-5-6-7-8-9-10-11-12-16-19-39(54)50-41(46(58)59)40-31-26-36(53)42(62-4)38(27-31)63-37-21-20-30(25-35(37)52(60)61)24-34(48-43(55)32(47)22-28(2)3)44(56)49-33(45(57)51-40)23-29-17-14-13-15-18-29;/h13-15,17-18,20-21,25-28,32-34,40-41,53H,5-12,16,19,22-24,47H2,1-4H3,(H,48,55)(H,49,56)(H,50,54)(H,51,57)(H,58,59);1H/t32-,33-,34+,40-,41-;/m1./s1. The van der Waals surface area contributed by atoms with Crippen LogP contribution < -0.4 is 36.5 Å².